The molecule has 2 rings (SSSR count). The van der Waals surface area contributed by atoms with Crippen molar-refractivity contribution < 1.29 is 18.7 Å². The molecule has 4 heteroatoms. The Balaban J connectivity index is 2.10. The molecule has 0 amide bonds. The molecular weight excluding hydrogens is 259 g/mol. The van der Waals surface area contributed by atoms with Gasteiger partial charge >= 0.3 is 5.97 Å². The molecule has 0 aliphatic carbocycles. The summed E-state index contributed by atoms with van der Waals surface area (Å²) in [6.07, 6.45) is -0.909. The van der Waals surface area contributed by atoms with E-state index in [-0.39, 0.29) is 0 Å². The molecule has 0 spiro atoms. The molecule has 0 heterocycles. The second-order valence-corrected chi connectivity index (χ2v) is 4.19. The zero-order valence-electron chi connectivity index (χ0n) is 11.1. The van der Waals surface area contributed by atoms with E-state index < -0.39 is 18.7 Å². The standard InChI is InChI=1S/C16H15FO3/c1-19-14-9-7-12(8-10-14)15(11-17)20-16(18)13-5-3-2-4-6-13/h2-10,15H,11H2,1H3/t15-/m1/s1. The van der Waals surface area contributed by atoms with Crippen molar-refractivity contribution in [2.45, 2.75) is 6.10 Å². The molecular formula is C16H15FO3. The number of carbonyl (C=O) groups is 1. The van der Waals surface area contributed by atoms with Crippen LogP contribution in [0.2, 0.25) is 0 Å². The van der Waals surface area contributed by atoms with Crippen LogP contribution in [0.25, 0.3) is 0 Å². The van der Waals surface area contributed by atoms with Gasteiger partial charge in [0, 0.05) is 0 Å². The van der Waals surface area contributed by atoms with Crippen LogP contribution in [0, 0.1) is 0 Å². The van der Waals surface area contributed by atoms with Gasteiger partial charge in [0.05, 0.1) is 12.7 Å². The number of esters is 1. The number of benzene rings is 2. The number of ether oxygens (including phenoxy) is 2. The Bertz CT molecular complexity index is 552. The predicted molar refractivity (Wildman–Crippen MR) is 73.6 cm³/mol. The zero-order valence-corrected chi connectivity index (χ0v) is 11.1. The van der Waals surface area contributed by atoms with Crippen LogP contribution in [-0.2, 0) is 4.74 Å². The Hall–Kier alpha value is -2.36. The van der Waals surface area contributed by atoms with Gasteiger partial charge in [0.15, 0.2) is 6.10 Å². The van der Waals surface area contributed by atoms with Gasteiger partial charge in [0.2, 0.25) is 0 Å². The van der Waals surface area contributed by atoms with Crippen molar-refractivity contribution >= 4 is 5.97 Å². The van der Waals surface area contributed by atoms with Crippen molar-refractivity contribution in [2.24, 2.45) is 0 Å². The molecule has 0 fully saturated rings. The molecule has 0 aliphatic rings. The van der Waals surface area contributed by atoms with Crippen molar-refractivity contribution in [1.82, 2.24) is 0 Å². The number of alkyl halides is 1. The summed E-state index contributed by atoms with van der Waals surface area (Å²) in [5.74, 6) is 0.129. The van der Waals surface area contributed by atoms with Crippen LogP contribution >= 0.6 is 0 Å². The molecule has 3 nitrogen and oxygen atoms in total. The van der Waals surface area contributed by atoms with E-state index in [4.69, 9.17) is 9.47 Å². The Morgan fingerprint density at radius 2 is 1.75 bits per heavy atom. The van der Waals surface area contributed by atoms with Crippen molar-refractivity contribution in [3.63, 3.8) is 0 Å². The summed E-state index contributed by atoms with van der Waals surface area (Å²) in [5.41, 5.74) is 0.997. The highest BCUT2D eigenvalue weighted by atomic mass is 19.1. The summed E-state index contributed by atoms with van der Waals surface area (Å²) < 4.78 is 23.3. The average molecular weight is 274 g/mol. The highest BCUT2D eigenvalue weighted by Gasteiger charge is 2.17. The largest absolute Gasteiger partial charge is 0.497 e. The van der Waals surface area contributed by atoms with Crippen LogP contribution in [0.15, 0.2) is 54.6 Å². The fourth-order valence-electron chi connectivity index (χ4n) is 1.78. The van der Waals surface area contributed by atoms with Crippen LogP contribution < -0.4 is 4.74 Å². The molecule has 0 saturated carbocycles. The highest BCUT2D eigenvalue weighted by Crippen LogP contribution is 2.22. The molecule has 0 unspecified atom stereocenters. The number of hydrogen-bond acceptors (Lipinski definition) is 3. The van der Waals surface area contributed by atoms with Crippen molar-refractivity contribution in [1.29, 1.82) is 0 Å². The SMILES string of the molecule is COc1ccc([C@@H](CF)OC(=O)c2ccccc2)cc1. The van der Waals surface area contributed by atoms with E-state index in [1.165, 1.54) is 0 Å². The van der Waals surface area contributed by atoms with Crippen LogP contribution in [0.3, 0.4) is 0 Å². The average Bonchev–Trinajstić information content (AvgIpc) is 2.53. The van der Waals surface area contributed by atoms with Gasteiger partial charge in [-0.2, -0.15) is 0 Å². The highest BCUT2D eigenvalue weighted by molar-refractivity contribution is 5.89. The minimum Gasteiger partial charge on any atom is -0.497 e. The molecule has 0 N–H and O–H groups in total. The zero-order chi connectivity index (χ0) is 14.4. The fourth-order valence-corrected chi connectivity index (χ4v) is 1.78. The third-order valence-electron chi connectivity index (χ3n) is 2.89. The number of hydrogen-bond donors (Lipinski definition) is 0. The lowest BCUT2D eigenvalue weighted by molar-refractivity contribution is 0.0234. The van der Waals surface area contributed by atoms with Crippen LogP contribution in [0.1, 0.15) is 22.0 Å². The second kappa shape index (κ2) is 6.70. The van der Waals surface area contributed by atoms with Gasteiger partial charge in [0.1, 0.15) is 12.4 Å². The number of carbonyl (C=O) groups excluding carboxylic acids is 1. The molecule has 0 bridgehead atoms. The summed E-state index contributed by atoms with van der Waals surface area (Å²) >= 11 is 0. The molecule has 2 aromatic carbocycles. The van der Waals surface area contributed by atoms with Gasteiger partial charge in [0.25, 0.3) is 0 Å². The minimum atomic E-state index is -0.909. The summed E-state index contributed by atoms with van der Waals surface area (Å²) in [5, 5.41) is 0. The summed E-state index contributed by atoms with van der Waals surface area (Å²) in [7, 11) is 1.55. The maximum Gasteiger partial charge on any atom is 0.338 e. The van der Waals surface area contributed by atoms with Gasteiger partial charge in [-0.1, -0.05) is 30.3 Å². The van der Waals surface area contributed by atoms with Gasteiger partial charge in [-0.3, -0.25) is 0 Å². The van der Waals surface area contributed by atoms with E-state index in [9.17, 15) is 9.18 Å². The van der Waals surface area contributed by atoms with Crippen LogP contribution in [0.5, 0.6) is 5.75 Å². The lowest BCUT2D eigenvalue weighted by Gasteiger charge is -2.15. The minimum absolute atomic E-state index is 0.402. The summed E-state index contributed by atoms with van der Waals surface area (Å²) in [6, 6.07) is 15.3. The Kier molecular flexibility index (Phi) is 4.71. The topological polar surface area (TPSA) is 35.5 Å². The fraction of sp³-hybridized carbons (Fsp3) is 0.188. The summed E-state index contributed by atoms with van der Waals surface area (Å²) in [6.45, 7) is -0.773. The first-order chi connectivity index (χ1) is 9.74. The van der Waals surface area contributed by atoms with E-state index in [2.05, 4.69) is 0 Å². The molecule has 0 aromatic heterocycles. The van der Waals surface area contributed by atoms with Crippen LogP contribution in [-0.4, -0.2) is 19.8 Å². The van der Waals surface area contributed by atoms with E-state index in [1.54, 1.807) is 61.7 Å². The van der Waals surface area contributed by atoms with Crippen molar-refractivity contribution in [2.75, 3.05) is 13.8 Å². The maximum atomic E-state index is 13.1. The Morgan fingerprint density at radius 1 is 1.10 bits per heavy atom. The van der Waals surface area contributed by atoms with Crippen molar-refractivity contribution in [3.8, 4) is 5.75 Å². The Morgan fingerprint density at radius 3 is 2.30 bits per heavy atom. The van der Waals surface area contributed by atoms with Crippen LogP contribution in [0.4, 0.5) is 4.39 Å². The predicted octanol–water partition coefficient (Wildman–Crippen LogP) is 3.56. The molecule has 1 atom stereocenters. The maximum absolute atomic E-state index is 13.1. The second-order valence-electron chi connectivity index (χ2n) is 4.19. The molecule has 0 aliphatic heterocycles. The summed E-state index contributed by atoms with van der Waals surface area (Å²) in [4.78, 5) is 11.9. The smallest absolute Gasteiger partial charge is 0.338 e. The van der Waals surface area contributed by atoms with Gasteiger partial charge in [-0.15, -0.1) is 0 Å². The quantitative estimate of drug-likeness (QED) is 0.782. The number of methoxy groups -OCH3 is 1. The molecule has 2 aromatic rings. The van der Waals surface area contributed by atoms with Gasteiger partial charge in [-0.25, -0.2) is 9.18 Å². The van der Waals surface area contributed by atoms with E-state index in [0.29, 0.717) is 16.9 Å². The lowest BCUT2D eigenvalue weighted by Crippen LogP contribution is -2.13. The molecule has 0 radical (unpaired) electrons. The van der Waals surface area contributed by atoms with E-state index in [0.717, 1.165) is 0 Å². The molecule has 104 valence electrons. The molecule has 20 heavy (non-hydrogen) atoms. The normalized spacial score (nSPS) is 11.7. The third-order valence-corrected chi connectivity index (χ3v) is 2.89. The van der Waals surface area contributed by atoms with E-state index in [1.807, 2.05) is 0 Å². The first kappa shape index (κ1) is 14.1. The van der Waals surface area contributed by atoms with E-state index >= 15 is 0 Å². The number of halogens is 1. The lowest BCUT2D eigenvalue weighted by atomic mass is 10.1. The molecule has 0 saturated heterocycles. The monoisotopic (exact) mass is 274 g/mol. The van der Waals surface area contributed by atoms with Gasteiger partial charge in [-0.05, 0) is 29.8 Å². The first-order valence-electron chi connectivity index (χ1n) is 6.20. The van der Waals surface area contributed by atoms with Crippen molar-refractivity contribution in [3.05, 3.63) is 65.7 Å². The third kappa shape index (κ3) is 3.35. The Labute approximate surface area is 117 Å². The van der Waals surface area contributed by atoms with Gasteiger partial charge < -0.3 is 9.47 Å². The number of rotatable bonds is 5. The first-order valence-corrected chi connectivity index (χ1v) is 6.20.